The van der Waals surface area contributed by atoms with E-state index in [0.717, 1.165) is 10.0 Å². The van der Waals surface area contributed by atoms with Crippen molar-refractivity contribution in [1.82, 2.24) is 4.90 Å². The third-order valence-corrected chi connectivity index (χ3v) is 3.93. The number of nitrogens with one attached hydrogen (secondary N) is 1. The van der Waals surface area contributed by atoms with Gasteiger partial charge in [-0.05, 0) is 42.0 Å². The van der Waals surface area contributed by atoms with Crippen molar-refractivity contribution in [2.45, 2.75) is 13.0 Å². The number of rotatable bonds is 7. The van der Waals surface area contributed by atoms with E-state index in [1.165, 1.54) is 0 Å². The zero-order chi connectivity index (χ0) is 18.2. The number of benzene rings is 2. The Morgan fingerprint density at radius 2 is 1.76 bits per heavy atom. The molecule has 0 fully saturated rings. The first-order valence-corrected chi connectivity index (χ1v) is 8.51. The summed E-state index contributed by atoms with van der Waals surface area (Å²) in [6, 6.07) is 14.5. The summed E-state index contributed by atoms with van der Waals surface area (Å²) in [5.74, 6) is 0.208. The van der Waals surface area contributed by atoms with E-state index in [1.54, 1.807) is 36.2 Å². The van der Waals surface area contributed by atoms with E-state index in [-0.39, 0.29) is 19.1 Å². The summed E-state index contributed by atoms with van der Waals surface area (Å²) in [7, 11) is 1.73. The molecule has 0 aliphatic carbocycles. The summed E-state index contributed by atoms with van der Waals surface area (Å²) >= 11 is 3.39. The van der Waals surface area contributed by atoms with Gasteiger partial charge in [0.05, 0.1) is 13.0 Å². The number of hydrogen-bond acceptors (Lipinski definition) is 3. The van der Waals surface area contributed by atoms with E-state index in [4.69, 9.17) is 10.5 Å². The first kappa shape index (κ1) is 18.8. The minimum Gasteiger partial charge on any atom is -0.493 e. The number of nitrogens with two attached hydrogens (primary N) is 1. The molecule has 0 atom stereocenters. The van der Waals surface area contributed by atoms with Gasteiger partial charge in [-0.15, -0.1) is 0 Å². The van der Waals surface area contributed by atoms with Crippen LogP contribution in [0.2, 0.25) is 0 Å². The molecule has 0 heterocycles. The van der Waals surface area contributed by atoms with Crippen LogP contribution < -0.4 is 15.8 Å². The molecule has 0 spiro atoms. The molecule has 2 aromatic carbocycles. The second-order valence-electron chi connectivity index (χ2n) is 5.50. The fourth-order valence-corrected chi connectivity index (χ4v) is 2.32. The molecule has 25 heavy (non-hydrogen) atoms. The number of hydrogen-bond donors (Lipinski definition) is 2. The number of nitrogens with zero attached hydrogens (tertiary/aromatic N) is 1. The van der Waals surface area contributed by atoms with Crippen LogP contribution in [0.25, 0.3) is 0 Å². The number of amides is 3. The summed E-state index contributed by atoms with van der Waals surface area (Å²) in [5, 5.41) is 2.82. The van der Waals surface area contributed by atoms with Gasteiger partial charge in [-0.3, -0.25) is 4.79 Å². The smallest absolute Gasteiger partial charge is 0.321 e. The minimum atomic E-state index is -0.405. The van der Waals surface area contributed by atoms with Gasteiger partial charge in [-0.25, -0.2) is 4.79 Å². The van der Waals surface area contributed by atoms with Gasteiger partial charge in [0.25, 0.3) is 0 Å². The Labute approximate surface area is 155 Å². The maximum absolute atomic E-state index is 12.2. The second-order valence-corrected chi connectivity index (χ2v) is 6.42. The molecule has 6 nitrogen and oxygen atoms in total. The summed E-state index contributed by atoms with van der Waals surface area (Å²) < 4.78 is 6.39. The van der Waals surface area contributed by atoms with Crippen LogP contribution in [0.4, 0.5) is 10.5 Å². The molecule has 0 radical (unpaired) electrons. The topological polar surface area (TPSA) is 84.7 Å². The predicted octanol–water partition coefficient (Wildman–Crippen LogP) is 3.37. The van der Waals surface area contributed by atoms with Gasteiger partial charge in [0.1, 0.15) is 5.75 Å². The van der Waals surface area contributed by atoms with Gasteiger partial charge in [-0.2, -0.15) is 0 Å². The molecule has 0 aliphatic rings. The fourth-order valence-electron chi connectivity index (χ4n) is 2.06. The standard InChI is InChI=1S/C18H20BrN3O3/c1-22(12-13-2-4-14(19)5-3-13)18(24)21-15-6-8-16(9-7-15)25-11-10-17(20)23/h2-9H,10-12H2,1H3,(H2,20,23)(H,21,24). The minimum absolute atomic E-state index is 0.166. The maximum Gasteiger partial charge on any atom is 0.321 e. The Kier molecular flexibility index (Phi) is 6.82. The highest BCUT2D eigenvalue weighted by molar-refractivity contribution is 9.10. The van der Waals surface area contributed by atoms with E-state index in [2.05, 4.69) is 21.2 Å². The lowest BCUT2D eigenvalue weighted by Crippen LogP contribution is -2.30. The summed E-state index contributed by atoms with van der Waals surface area (Å²) in [4.78, 5) is 24.5. The molecule has 0 bridgehead atoms. The van der Waals surface area contributed by atoms with Crippen LogP contribution in [-0.2, 0) is 11.3 Å². The molecule has 0 unspecified atom stereocenters. The third-order valence-electron chi connectivity index (χ3n) is 3.40. The highest BCUT2D eigenvalue weighted by Gasteiger charge is 2.09. The summed E-state index contributed by atoms with van der Waals surface area (Å²) in [6.07, 6.45) is 0.166. The normalized spacial score (nSPS) is 10.2. The number of halogens is 1. The monoisotopic (exact) mass is 405 g/mol. The molecule has 7 heteroatoms. The Balaban J connectivity index is 1.84. The van der Waals surface area contributed by atoms with Crippen LogP contribution in [0.5, 0.6) is 5.75 Å². The van der Waals surface area contributed by atoms with Crippen molar-refractivity contribution in [3.05, 3.63) is 58.6 Å². The van der Waals surface area contributed by atoms with E-state index in [0.29, 0.717) is 18.0 Å². The van der Waals surface area contributed by atoms with E-state index < -0.39 is 5.91 Å². The highest BCUT2D eigenvalue weighted by Crippen LogP contribution is 2.17. The van der Waals surface area contributed by atoms with E-state index >= 15 is 0 Å². The van der Waals surface area contributed by atoms with Crippen LogP contribution >= 0.6 is 15.9 Å². The van der Waals surface area contributed by atoms with Gasteiger partial charge in [0.15, 0.2) is 0 Å². The SMILES string of the molecule is CN(Cc1ccc(Br)cc1)C(=O)Nc1ccc(OCCC(N)=O)cc1. The molecular formula is C18H20BrN3O3. The molecule has 0 aliphatic heterocycles. The largest absolute Gasteiger partial charge is 0.493 e. The number of carbonyl (C=O) groups is 2. The van der Waals surface area contributed by atoms with Gasteiger partial charge in [-0.1, -0.05) is 28.1 Å². The molecule has 2 aromatic rings. The van der Waals surface area contributed by atoms with Crippen LogP contribution in [0.1, 0.15) is 12.0 Å². The number of urea groups is 1. The van der Waals surface area contributed by atoms with Gasteiger partial charge in [0, 0.05) is 23.8 Å². The number of ether oxygens (including phenoxy) is 1. The molecule has 3 N–H and O–H groups in total. The molecule has 0 saturated carbocycles. The van der Waals surface area contributed by atoms with Crippen molar-refractivity contribution >= 4 is 33.6 Å². The molecule has 0 aromatic heterocycles. The van der Waals surface area contributed by atoms with Crippen molar-refractivity contribution in [3.63, 3.8) is 0 Å². The maximum atomic E-state index is 12.2. The second kappa shape index (κ2) is 9.08. The summed E-state index contributed by atoms with van der Waals surface area (Å²) in [5.41, 5.74) is 6.76. The van der Waals surface area contributed by atoms with Crippen molar-refractivity contribution in [3.8, 4) is 5.75 Å². The molecule has 2 rings (SSSR count). The molecule has 132 valence electrons. The van der Waals surface area contributed by atoms with Gasteiger partial charge >= 0.3 is 6.03 Å². The van der Waals surface area contributed by atoms with Crippen LogP contribution in [0.3, 0.4) is 0 Å². The van der Waals surface area contributed by atoms with Crippen LogP contribution in [0, 0.1) is 0 Å². The summed E-state index contributed by atoms with van der Waals surface area (Å²) in [6.45, 7) is 0.740. The number of anilines is 1. The van der Waals surface area contributed by atoms with Crippen molar-refractivity contribution < 1.29 is 14.3 Å². The van der Waals surface area contributed by atoms with Crippen LogP contribution in [0.15, 0.2) is 53.0 Å². The third kappa shape index (κ3) is 6.46. The number of primary amides is 1. The molecule has 3 amide bonds. The van der Waals surface area contributed by atoms with Gasteiger partial charge in [0.2, 0.25) is 5.91 Å². The number of carbonyl (C=O) groups excluding carboxylic acids is 2. The Hall–Kier alpha value is -2.54. The van der Waals surface area contributed by atoms with Crippen molar-refractivity contribution in [2.24, 2.45) is 5.73 Å². The zero-order valence-electron chi connectivity index (χ0n) is 13.9. The van der Waals surface area contributed by atoms with Gasteiger partial charge < -0.3 is 20.7 Å². The lowest BCUT2D eigenvalue weighted by atomic mass is 10.2. The van der Waals surface area contributed by atoms with Crippen molar-refractivity contribution in [1.29, 1.82) is 0 Å². The molecular weight excluding hydrogens is 386 g/mol. The quantitative estimate of drug-likeness (QED) is 0.740. The lowest BCUT2D eigenvalue weighted by molar-refractivity contribution is -0.118. The average molecular weight is 406 g/mol. The average Bonchev–Trinajstić information content (AvgIpc) is 2.58. The first-order chi connectivity index (χ1) is 11.9. The fraction of sp³-hybridized carbons (Fsp3) is 0.222. The van der Waals surface area contributed by atoms with E-state index in [1.807, 2.05) is 24.3 Å². The van der Waals surface area contributed by atoms with E-state index in [9.17, 15) is 9.59 Å². The lowest BCUT2D eigenvalue weighted by Gasteiger charge is -2.18. The molecule has 0 saturated heterocycles. The Morgan fingerprint density at radius 1 is 1.12 bits per heavy atom. The Morgan fingerprint density at radius 3 is 2.36 bits per heavy atom. The highest BCUT2D eigenvalue weighted by atomic mass is 79.9. The van der Waals surface area contributed by atoms with Crippen molar-refractivity contribution in [2.75, 3.05) is 19.0 Å². The first-order valence-electron chi connectivity index (χ1n) is 7.72. The Bertz CT molecular complexity index is 717. The predicted molar refractivity (Wildman–Crippen MR) is 100 cm³/mol. The van der Waals surface area contributed by atoms with Crippen LogP contribution in [-0.4, -0.2) is 30.5 Å². The zero-order valence-corrected chi connectivity index (χ0v) is 15.5.